The van der Waals surface area contributed by atoms with Gasteiger partial charge < -0.3 is 29.0 Å². The van der Waals surface area contributed by atoms with E-state index in [2.05, 4.69) is 15.7 Å². The zero-order valence-electron chi connectivity index (χ0n) is 32.4. The molecule has 5 amide bonds. The topological polar surface area (TPSA) is 182 Å². The van der Waals surface area contributed by atoms with Crippen LogP contribution in [0.15, 0.2) is 66.9 Å². The number of aryl methyl sites for hydroxylation is 1. The molecule has 2 aliphatic heterocycles. The van der Waals surface area contributed by atoms with Crippen LogP contribution in [0.4, 0.5) is 13.2 Å². The summed E-state index contributed by atoms with van der Waals surface area (Å²) in [6.45, 7) is 2.67. The number of rotatable bonds is 19. The highest BCUT2D eigenvalue weighted by Gasteiger charge is 2.46. The summed E-state index contributed by atoms with van der Waals surface area (Å²) in [7, 11) is 1.75. The van der Waals surface area contributed by atoms with Crippen LogP contribution in [0.5, 0.6) is 5.75 Å². The molecule has 4 heterocycles. The van der Waals surface area contributed by atoms with E-state index in [-0.39, 0.29) is 68.6 Å². The van der Waals surface area contributed by atoms with Gasteiger partial charge in [0, 0.05) is 48.2 Å². The minimum absolute atomic E-state index is 0.0294. The fraction of sp³-hybridized carbons (Fsp3) is 0.366. The number of imide groups is 2. The Hall–Kier alpha value is -6.15. The average molecular weight is 835 g/mol. The number of carbonyl (C=O) groups excluding carboxylic acids is 5. The molecule has 2 aromatic heterocycles. The molecule has 16 nitrogen and oxygen atoms in total. The summed E-state index contributed by atoms with van der Waals surface area (Å²) >= 11 is 0. The zero-order valence-corrected chi connectivity index (χ0v) is 32.4. The zero-order chi connectivity index (χ0) is 42.4. The normalized spacial score (nSPS) is 15.6. The molecule has 3 aromatic carbocycles. The summed E-state index contributed by atoms with van der Waals surface area (Å²) in [6, 6.07) is 13.6. The van der Waals surface area contributed by atoms with Crippen molar-refractivity contribution in [2.75, 3.05) is 66.0 Å². The van der Waals surface area contributed by atoms with E-state index in [9.17, 15) is 37.1 Å². The number of ether oxygens (including phenoxy) is 5. The standard InChI is InChI=1S/C41H41F3N6O10/c1-48-24-30-29-23-25(5-10-31(29)49(36(30)47-48)27-8-6-26(7-9-27)41(42,43)44)37(52)45-13-14-56-15-16-57-17-18-58-19-20-59-21-22-60-33-4-2-3-28-35(33)40(55)50(39(28)54)32-11-12-34(51)46-38(32)53/h2-10,23-24,32H,11-22H2,1H3,(H,45,52)(H,46,51,53). The SMILES string of the molecule is Cn1cc2c3cc(C(=O)NCCOCCOCCOCCOCCOc4cccc5c4C(=O)N(C4CCC(=O)NC4=O)C5=O)ccc3n(-c3ccc(C(F)(F)F)cc3)c2n1. The Morgan fingerprint density at radius 2 is 1.50 bits per heavy atom. The van der Waals surface area contributed by atoms with Gasteiger partial charge in [0.1, 0.15) is 18.4 Å². The van der Waals surface area contributed by atoms with Crippen molar-refractivity contribution in [2.45, 2.75) is 25.1 Å². The summed E-state index contributed by atoms with van der Waals surface area (Å²) in [5, 5.41) is 11.0. The van der Waals surface area contributed by atoms with E-state index < -0.39 is 41.4 Å². The molecule has 0 aliphatic carbocycles. The summed E-state index contributed by atoms with van der Waals surface area (Å²) in [5.41, 5.74) is 1.63. The van der Waals surface area contributed by atoms with Crippen LogP contribution < -0.4 is 15.4 Å². The van der Waals surface area contributed by atoms with Gasteiger partial charge in [-0.3, -0.25) is 43.4 Å². The molecule has 19 heteroatoms. The van der Waals surface area contributed by atoms with E-state index in [1.54, 1.807) is 52.8 Å². The maximum Gasteiger partial charge on any atom is 0.416 e. The largest absolute Gasteiger partial charge is 0.490 e. The lowest BCUT2D eigenvalue weighted by Crippen LogP contribution is -2.54. The number of benzene rings is 3. The first-order valence-corrected chi connectivity index (χ1v) is 19.1. The van der Waals surface area contributed by atoms with Crippen LogP contribution in [0, 0.1) is 0 Å². The lowest BCUT2D eigenvalue weighted by Gasteiger charge is -2.27. The molecule has 60 heavy (non-hydrogen) atoms. The quantitative estimate of drug-likeness (QED) is 0.0913. The van der Waals surface area contributed by atoms with Gasteiger partial charge in [0.2, 0.25) is 11.8 Å². The van der Waals surface area contributed by atoms with Crippen molar-refractivity contribution >= 4 is 51.5 Å². The molecular formula is C41H41F3N6O10. The van der Waals surface area contributed by atoms with Gasteiger partial charge in [-0.2, -0.15) is 18.3 Å². The van der Waals surface area contributed by atoms with Crippen LogP contribution >= 0.6 is 0 Å². The fourth-order valence-electron chi connectivity index (χ4n) is 7.01. The Morgan fingerprint density at radius 1 is 0.833 bits per heavy atom. The van der Waals surface area contributed by atoms with Crippen molar-refractivity contribution < 1.29 is 60.8 Å². The number of amides is 5. The predicted molar refractivity (Wildman–Crippen MR) is 207 cm³/mol. The van der Waals surface area contributed by atoms with E-state index in [0.717, 1.165) is 27.8 Å². The summed E-state index contributed by atoms with van der Waals surface area (Å²) < 4.78 is 70.7. The Balaban J connectivity index is 0.741. The molecule has 1 unspecified atom stereocenters. The highest BCUT2D eigenvalue weighted by atomic mass is 19.4. The third-order valence-electron chi connectivity index (χ3n) is 9.83. The van der Waals surface area contributed by atoms with Crippen molar-refractivity contribution in [1.82, 2.24) is 29.9 Å². The third-order valence-corrected chi connectivity index (χ3v) is 9.83. The van der Waals surface area contributed by atoms with Crippen LogP contribution in [0.25, 0.3) is 27.6 Å². The number of alkyl halides is 3. The molecule has 5 aromatic rings. The number of nitrogens with zero attached hydrogens (tertiary/aromatic N) is 4. The smallest absolute Gasteiger partial charge is 0.416 e. The Morgan fingerprint density at radius 3 is 2.17 bits per heavy atom. The number of nitrogens with one attached hydrogen (secondary N) is 2. The Kier molecular flexibility index (Phi) is 12.9. The summed E-state index contributed by atoms with van der Waals surface area (Å²) in [5.74, 6) is -2.50. The van der Waals surface area contributed by atoms with Crippen molar-refractivity contribution in [3.63, 3.8) is 0 Å². The van der Waals surface area contributed by atoms with Crippen molar-refractivity contribution in [1.29, 1.82) is 0 Å². The van der Waals surface area contributed by atoms with Crippen LogP contribution in [0.1, 0.15) is 49.5 Å². The lowest BCUT2D eigenvalue weighted by atomic mass is 10.0. The fourth-order valence-corrected chi connectivity index (χ4v) is 7.01. The van der Waals surface area contributed by atoms with Gasteiger partial charge in [-0.15, -0.1) is 0 Å². The first kappa shape index (κ1) is 42.0. The molecular weight excluding hydrogens is 793 g/mol. The third kappa shape index (κ3) is 9.18. The highest BCUT2D eigenvalue weighted by Crippen LogP contribution is 2.35. The molecule has 1 atom stereocenters. The number of aromatic nitrogens is 3. The van der Waals surface area contributed by atoms with Gasteiger partial charge in [-0.05, 0) is 61.0 Å². The van der Waals surface area contributed by atoms with E-state index in [4.69, 9.17) is 23.7 Å². The van der Waals surface area contributed by atoms with Crippen LogP contribution in [0.3, 0.4) is 0 Å². The first-order chi connectivity index (χ1) is 28.9. The summed E-state index contributed by atoms with van der Waals surface area (Å²) in [4.78, 5) is 63.8. The average Bonchev–Trinajstić information content (AvgIpc) is 3.83. The van der Waals surface area contributed by atoms with Crippen LogP contribution in [0.2, 0.25) is 0 Å². The molecule has 1 fully saturated rings. The second-order valence-corrected chi connectivity index (χ2v) is 13.8. The van der Waals surface area contributed by atoms with E-state index in [0.29, 0.717) is 55.4 Å². The van der Waals surface area contributed by atoms with Gasteiger partial charge in [-0.25, -0.2) is 0 Å². The number of halogens is 3. The molecule has 7 rings (SSSR count). The second-order valence-electron chi connectivity index (χ2n) is 13.8. The number of hydrogen-bond acceptors (Lipinski definition) is 11. The lowest BCUT2D eigenvalue weighted by molar-refractivity contribution is -0.138. The highest BCUT2D eigenvalue weighted by molar-refractivity contribution is 6.24. The van der Waals surface area contributed by atoms with Gasteiger partial charge in [0.05, 0.1) is 75.1 Å². The van der Waals surface area contributed by atoms with Gasteiger partial charge in [0.15, 0.2) is 5.65 Å². The molecule has 0 spiro atoms. The number of fused-ring (bicyclic) bond motifs is 4. The minimum Gasteiger partial charge on any atom is -0.490 e. The molecule has 1 saturated heterocycles. The molecule has 0 radical (unpaired) electrons. The second kappa shape index (κ2) is 18.4. The number of piperidine rings is 1. The molecule has 0 saturated carbocycles. The molecule has 2 N–H and O–H groups in total. The maximum atomic E-state index is 13.2. The summed E-state index contributed by atoms with van der Waals surface area (Å²) in [6.07, 6.45) is -2.56. The Labute approximate surface area is 340 Å². The molecule has 316 valence electrons. The van der Waals surface area contributed by atoms with Crippen molar-refractivity contribution in [3.05, 3.63) is 89.1 Å². The molecule has 0 bridgehead atoms. The Bertz CT molecular complexity index is 2410. The van der Waals surface area contributed by atoms with Crippen LogP contribution in [-0.4, -0.2) is 121 Å². The van der Waals surface area contributed by atoms with Gasteiger partial charge in [0.25, 0.3) is 17.7 Å². The van der Waals surface area contributed by atoms with E-state index in [1.807, 2.05) is 0 Å². The monoisotopic (exact) mass is 834 g/mol. The maximum absolute atomic E-state index is 13.2. The van der Waals surface area contributed by atoms with Gasteiger partial charge in [-0.1, -0.05) is 6.07 Å². The van der Waals surface area contributed by atoms with Crippen molar-refractivity contribution in [2.24, 2.45) is 7.05 Å². The minimum atomic E-state index is -4.45. The number of carbonyl (C=O) groups is 5. The van der Waals surface area contributed by atoms with Crippen LogP contribution in [-0.2, 0) is 41.8 Å². The first-order valence-electron chi connectivity index (χ1n) is 19.1. The predicted octanol–water partition coefficient (Wildman–Crippen LogP) is 3.81. The molecule has 2 aliphatic rings. The van der Waals surface area contributed by atoms with Crippen molar-refractivity contribution in [3.8, 4) is 11.4 Å². The number of hydrogen-bond donors (Lipinski definition) is 2. The van der Waals surface area contributed by atoms with E-state index >= 15 is 0 Å². The van der Waals surface area contributed by atoms with Gasteiger partial charge >= 0.3 is 6.18 Å². The van der Waals surface area contributed by atoms with E-state index in [1.165, 1.54) is 18.2 Å².